The zero-order valence-corrected chi connectivity index (χ0v) is 9.16. The first-order chi connectivity index (χ1) is 7.34. The third kappa shape index (κ3) is 1.43. The Kier molecular flexibility index (Phi) is 1.99. The first-order valence-corrected chi connectivity index (χ1v) is 5.65. The zero-order valence-electron chi connectivity index (χ0n) is 8.34. The lowest BCUT2D eigenvalue weighted by Crippen LogP contribution is -1.86. The fourth-order valence-corrected chi connectivity index (χ4v) is 2.50. The number of imidazole rings is 1. The number of fused-ring (bicyclic) bond motifs is 3. The molecule has 76 valence electrons. The van der Waals surface area contributed by atoms with Crippen molar-refractivity contribution in [2.24, 2.45) is 0 Å². The molecule has 0 aliphatic heterocycles. The van der Waals surface area contributed by atoms with Gasteiger partial charge in [-0.2, -0.15) is 0 Å². The van der Waals surface area contributed by atoms with Gasteiger partial charge in [0.2, 0.25) is 0 Å². The van der Waals surface area contributed by atoms with Crippen LogP contribution in [0.15, 0.2) is 24.3 Å². The maximum Gasteiger partial charge on any atom is 0.175 e. The zero-order chi connectivity index (χ0) is 10.3. The summed E-state index contributed by atoms with van der Waals surface area (Å²) >= 11 is 5.14. The molecule has 2 N–H and O–H groups in total. The van der Waals surface area contributed by atoms with E-state index in [-0.39, 0.29) is 0 Å². The number of benzene rings is 1. The van der Waals surface area contributed by atoms with E-state index in [4.69, 9.17) is 12.2 Å². The monoisotopic (exact) mass is 216 g/mol. The predicted octanol–water partition coefficient (Wildman–Crippen LogP) is 3.23. The number of rotatable bonds is 0. The summed E-state index contributed by atoms with van der Waals surface area (Å²) in [6, 6.07) is 8.55. The molecule has 0 amide bonds. The lowest BCUT2D eigenvalue weighted by molar-refractivity contribution is 0.817. The first kappa shape index (κ1) is 8.92. The highest BCUT2D eigenvalue weighted by molar-refractivity contribution is 7.71. The molecule has 0 atom stereocenters. The molecule has 1 aliphatic rings. The lowest BCUT2D eigenvalue weighted by Gasteiger charge is -2.03. The molecule has 3 rings (SSSR count). The second-order valence-corrected chi connectivity index (χ2v) is 4.35. The van der Waals surface area contributed by atoms with Crippen LogP contribution in [0, 0.1) is 4.77 Å². The van der Waals surface area contributed by atoms with Crippen LogP contribution in [0.25, 0.3) is 11.3 Å². The van der Waals surface area contributed by atoms with Crippen LogP contribution in [0.5, 0.6) is 0 Å². The summed E-state index contributed by atoms with van der Waals surface area (Å²) in [6.07, 6.45) is 3.42. The van der Waals surface area contributed by atoms with Crippen LogP contribution in [0.3, 0.4) is 0 Å². The Morgan fingerprint density at radius 2 is 1.93 bits per heavy atom. The first-order valence-electron chi connectivity index (χ1n) is 5.24. The maximum absolute atomic E-state index is 5.14. The predicted molar refractivity (Wildman–Crippen MR) is 63.4 cm³/mol. The molecule has 0 spiro atoms. The van der Waals surface area contributed by atoms with Crippen molar-refractivity contribution in [3.63, 3.8) is 0 Å². The van der Waals surface area contributed by atoms with Crippen molar-refractivity contribution in [3.8, 4) is 11.3 Å². The molecule has 2 nitrogen and oxygen atoms in total. The Hall–Kier alpha value is -1.35. The third-order valence-electron chi connectivity index (χ3n) is 2.96. The Labute approximate surface area is 93.4 Å². The van der Waals surface area contributed by atoms with E-state index >= 15 is 0 Å². The van der Waals surface area contributed by atoms with Gasteiger partial charge in [-0.15, -0.1) is 0 Å². The van der Waals surface area contributed by atoms with Gasteiger partial charge in [0.05, 0.1) is 5.69 Å². The van der Waals surface area contributed by atoms with Crippen molar-refractivity contribution in [3.05, 3.63) is 40.3 Å². The van der Waals surface area contributed by atoms with Crippen LogP contribution in [-0.2, 0) is 12.8 Å². The summed E-state index contributed by atoms with van der Waals surface area (Å²) < 4.78 is 0.733. The van der Waals surface area contributed by atoms with Gasteiger partial charge in [-0.3, -0.25) is 0 Å². The molecule has 1 heterocycles. The van der Waals surface area contributed by atoms with Gasteiger partial charge in [-0.25, -0.2) is 0 Å². The lowest BCUT2D eigenvalue weighted by atomic mass is 10.0. The Bertz CT molecular complexity index is 551. The number of hydrogen-bond donors (Lipinski definition) is 2. The molecule has 2 aromatic rings. The van der Waals surface area contributed by atoms with E-state index in [0.29, 0.717) is 0 Å². The van der Waals surface area contributed by atoms with Crippen molar-refractivity contribution in [1.82, 2.24) is 9.97 Å². The molecule has 1 aromatic carbocycles. The number of H-pyrrole nitrogens is 2. The fourth-order valence-electron chi connectivity index (χ4n) is 2.27. The smallest absolute Gasteiger partial charge is 0.175 e. The van der Waals surface area contributed by atoms with Crippen molar-refractivity contribution in [2.75, 3.05) is 0 Å². The van der Waals surface area contributed by atoms with E-state index in [9.17, 15) is 0 Å². The van der Waals surface area contributed by atoms with Crippen LogP contribution in [-0.4, -0.2) is 9.97 Å². The van der Waals surface area contributed by atoms with Crippen molar-refractivity contribution in [2.45, 2.75) is 19.3 Å². The standard InChI is InChI=1S/C12H12N2S/c15-12-13-10-7-3-5-8-4-1-2-6-9(8)11(10)14-12/h1-2,4,6H,3,5,7H2,(H2,13,14,15). The molecule has 0 fully saturated rings. The van der Waals surface area contributed by atoms with E-state index in [2.05, 4.69) is 34.2 Å². The molecule has 1 aliphatic carbocycles. The van der Waals surface area contributed by atoms with Gasteiger partial charge in [-0.1, -0.05) is 24.3 Å². The van der Waals surface area contributed by atoms with Crippen molar-refractivity contribution in [1.29, 1.82) is 0 Å². The van der Waals surface area contributed by atoms with Crippen LogP contribution in [0.2, 0.25) is 0 Å². The van der Waals surface area contributed by atoms with E-state index in [1.165, 1.54) is 28.9 Å². The van der Waals surface area contributed by atoms with E-state index in [1.54, 1.807) is 0 Å². The van der Waals surface area contributed by atoms with E-state index < -0.39 is 0 Å². The van der Waals surface area contributed by atoms with Gasteiger partial charge >= 0.3 is 0 Å². The van der Waals surface area contributed by atoms with Crippen molar-refractivity contribution >= 4 is 12.2 Å². The largest absolute Gasteiger partial charge is 0.334 e. The third-order valence-corrected chi connectivity index (χ3v) is 3.17. The molecule has 0 unspecified atom stereocenters. The summed E-state index contributed by atoms with van der Waals surface area (Å²) in [5.74, 6) is 0. The SMILES string of the molecule is S=c1[nH]c2c([nH]1)-c1ccccc1CCC2. The molecule has 0 bridgehead atoms. The van der Waals surface area contributed by atoms with E-state index in [1.807, 2.05) is 0 Å². The molecular formula is C12H12N2S. The van der Waals surface area contributed by atoms with Gasteiger partial charge in [-0.05, 0) is 37.0 Å². The van der Waals surface area contributed by atoms with Crippen LogP contribution in [0.4, 0.5) is 0 Å². The molecule has 1 aromatic heterocycles. The molecule has 0 radical (unpaired) electrons. The van der Waals surface area contributed by atoms with Gasteiger partial charge in [0.1, 0.15) is 0 Å². The minimum absolute atomic E-state index is 0.733. The van der Waals surface area contributed by atoms with Crippen molar-refractivity contribution < 1.29 is 0 Å². The molecule has 0 saturated carbocycles. The molecule has 0 saturated heterocycles. The second kappa shape index (κ2) is 3.35. The summed E-state index contributed by atoms with van der Waals surface area (Å²) in [7, 11) is 0. The number of aromatic amines is 2. The highest BCUT2D eigenvalue weighted by Gasteiger charge is 2.15. The number of aryl methyl sites for hydroxylation is 2. The Balaban J connectivity index is 2.31. The minimum Gasteiger partial charge on any atom is -0.334 e. The number of hydrogen-bond acceptors (Lipinski definition) is 1. The summed E-state index contributed by atoms with van der Waals surface area (Å²) in [5.41, 5.74) is 5.16. The normalized spacial score (nSPS) is 14.1. The average Bonchev–Trinajstić information content (AvgIpc) is 2.52. The fraction of sp³-hybridized carbons (Fsp3) is 0.250. The highest BCUT2D eigenvalue weighted by Crippen LogP contribution is 2.29. The van der Waals surface area contributed by atoms with Crippen LogP contribution < -0.4 is 0 Å². The number of aromatic nitrogens is 2. The van der Waals surface area contributed by atoms with Crippen LogP contribution in [0.1, 0.15) is 17.7 Å². The molecule has 3 heteroatoms. The van der Waals surface area contributed by atoms with Gasteiger partial charge in [0, 0.05) is 11.3 Å². The maximum atomic E-state index is 5.14. The highest BCUT2D eigenvalue weighted by atomic mass is 32.1. The van der Waals surface area contributed by atoms with Gasteiger partial charge < -0.3 is 9.97 Å². The summed E-state index contributed by atoms with van der Waals surface area (Å²) in [6.45, 7) is 0. The quantitative estimate of drug-likeness (QED) is 0.651. The van der Waals surface area contributed by atoms with Gasteiger partial charge in [0.25, 0.3) is 0 Å². The Morgan fingerprint density at radius 1 is 1.07 bits per heavy atom. The summed E-state index contributed by atoms with van der Waals surface area (Å²) in [4.78, 5) is 6.49. The van der Waals surface area contributed by atoms with Crippen LogP contribution >= 0.6 is 12.2 Å². The molecule has 15 heavy (non-hydrogen) atoms. The second-order valence-electron chi connectivity index (χ2n) is 3.94. The topological polar surface area (TPSA) is 31.6 Å². The minimum atomic E-state index is 0.733. The summed E-state index contributed by atoms with van der Waals surface area (Å²) in [5, 5.41) is 0. The average molecular weight is 216 g/mol. The Morgan fingerprint density at radius 3 is 2.87 bits per heavy atom. The number of nitrogens with one attached hydrogen (secondary N) is 2. The van der Waals surface area contributed by atoms with Gasteiger partial charge in [0.15, 0.2) is 4.77 Å². The molecular weight excluding hydrogens is 204 g/mol. The van der Waals surface area contributed by atoms with E-state index in [0.717, 1.165) is 17.6 Å².